The molecule has 6 nitrogen and oxygen atoms in total. The number of amidine groups is 1. The first-order valence-electron chi connectivity index (χ1n) is 10.9. The molecular formula is C25H27N5OS. The van der Waals surface area contributed by atoms with Gasteiger partial charge in [0, 0.05) is 24.8 Å². The number of anilines is 2. The van der Waals surface area contributed by atoms with Crippen molar-refractivity contribution >= 4 is 46.1 Å². The van der Waals surface area contributed by atoms with Gasteiger partial charge in [0.15, 0.2) is 10.8 Å². The summed E-state index contributed by atoms with van der Waals surface area (Å²) in [6, 6.07) is 13.8. The lowest BCUT2D eigenvalue weighted by molar-refractivity contribution is -0.123. The van der Waals surface area contributed by atoms with E-state index in [-0.39, 0.29) is 5.91 Å². The van der Waals surface area contributed by atoms with E-state index in [4.69, 9.17) is 24.5 Å². The summed E-state index contributed by atoms with van der Waals surface area (Å²) >= 11 is 5.84. The Bertz CT molecular complexity index is 1130. The van der Waals surface area contributed by atoms with Crippen LogP contribution in [0.5, 0.6) is 0 Å². The number of thiocarbonyl (C=S) groups is 1. The quantitative estimate of drug-likeness (QED) is 0.297. The summed E-state index contributed by atoms with van der Waals surface area (Å²) in [4.78, 5) is 24.8. The largest absolute Gasteiger partial charge is 0.387 e. The number of nitrogens with two attached hydrogens (primary N) is 1. The van der Waals surface area contributed by atoms with E-state index >= 15 is 0 Å². The van der Waals surface area contributed by atoms with Crippen LogP contribution in [-0.2, 0) is 11.2 Å². The fourth-order valence-electron chi connectivity index (χ4n) is 4.51. The summed E-state index contributed by atoms with van der Waals surface area (Å²) in [6.07, 6.45) is 5.24. The van der Waals surface area contributed by atoms with E-state index in [9.17, 15) is 4.79 Å². The predicted octanol–water partition coefficient (Wildman–Crippen LogP) is 4.92. The van der Waals surface area contributed by atoms with Gasteiger partial charge in [-0.15, -0.1) is 0 Å². The molecule has 1 aliphatic heterocycles. The van der Waals surface area contributed by atoms with Gasteiger partial charge in [0.25, 0.3) is 5.91 Å². The Balaban J connectivity index is 1.60. The average Bonchev–Trinajstić information content (AvgIpc) is 3.00. The molecule has 7 heteroatoms. The zero-order valence-electron chi connectivity index (χ0n) is 18.5. The minimum atomic E-state index is -0.600. The number of aryl methyl sites for hydroxylation is 2. The second-order valence-corrected chi connectivity index (χ2v) is 8.83. The Hall–Kier alpha value is -3.24. The highest BCUT2D eigenvalue weighted by atomic mass is 32.1. The molecule has 1 saturated heterocycles. The van der Waals surface area contributed by atoms with Gasteiger partial charge in [-0.1, -0.05) is 18.2 Å². The van der Waals surface area contributed by atoms with E-state index in [0.717, 1.165) is 55.5 Å². The molecule has 2 fully saturated rings. The summed E-state index contributed by atoms with van der Waals surface area (Å²) in [5.74, 6) is 0.705. The second kappa shape index (κ2) is 8.71. The fourth-order valence-corrected chi connectivity index (χ4v) is 4.98. The molecule has 0 atom stereocenters. The Morgan fingerprint density at radius 2 is 1.91 bits per heavy atom. The number of hydrogen-bond donors (Lipinski definition) is 1. The molecule has 0 aromatic heterocycles. The minimum absolute atomic E-state index is 0.0297. The lowest BCUT2D eigenvalue weighted by atomic mass is 9.75. The van der Waals surface area contributed by atoms with E-state index in [1.54, 1.807) is 18.0 Å². The molecule has 2 N–H and O–H groups in total. The van der Waals surface area contributed by atoms with Crippen LogP contribution in [0.2, 0.25) is 0 Å². The van der Waals surface area contributed by atoms with Gasteiger partial charge in [0.05, 0.1) is 12.4 Å². The van der Waals surface area contributed by atoms with Gasteiger partial charge < -0.3 is 10.6 Å². The molecule has 2 aromatic carbocycles. The van der Waals surface area contributed by atoms with Crippen molar-refractivity contribution < 1.29 is 4.79 Å². The van der Waals surface area contributed by atoms with Crippen molar-refractivity contribution in [1.82, 2.24) is 0 Å². The third kappa shape index (κ3) is 3.65. The summed E-state index contributed by atoms with van der Waals surface area (Å²) in [5.41, 5.74) is 9.51. The molecule has 0 bridgehead atoms. The van der Waals surface area contributed by atoms with Gasteiger partial charge in [-0.05, 0) is 86.6 Å². The van der Waals surface area contributed by atoms with Gasteiger partial charge in [0.2, 0.25) is 0 Å². The van der Waals surface area contributed by atoms with E-state index in [0.29, 0.717) is 16.6 Å². The number of amides is 1. The highest BCUT2D eigenvalue weighted by molar-refractivity contribution is 7.81. The van der Waals surface area contributed by atoms with Crippen LogP contribution in [-0.4, -0.2) is 29.4 Å². The summed E-state index contributed by atoms with van der Waals surface area (Å²) < 4.78 is 0. The molecule has 1 spiro atoms. The average molecular weight is 446 g/mol. The van der Waals surface area contributed by atoms with Crippen molar-refractivity contribution in [3.05, 3.63) is 65.0 Å². The predicted molar refractivity (Wildman–Crippen MR) is 134 cm³/mol. The lowest BCUT2D eigenvalue weighted by Gasteiger charge is -2.43. The highest BCUT2D eigenvalue weighted by Crippen LogP contribution is 2.48. The highest BCUT2D eigenvalue weighted by Gasteiger charge is 2.59. The number of aliphatic imine (C=N–C) groups is 1. The third-order valence-electron chi connectivity index (χ3n) is 6.53. The van der Waals surface area contributed by atoms with Crippen molar-refractivity contribution in [3.63, 3.8) is 0 Å². The van der Waals surface area contributed by atoms with Crippen LogP contribution in [0.3, 0.4) is 0 Å². The van der Waals surface area contributed by atoms with E-state index in [2.05, 4.69) is 34.1 Å². The number of nitrogens with zero attached hydrogens (tertiary/aromatic N) is 4. The van der Waals surface area contributed by atoms with Crippen LogP contribution >= 0.6 is 12.2 Å². The monoisotopic (exact) mass is 445 g/mol. The molecule has 2 aromatic rings. The van der Waals surface area contributed by atoms with E-state index in [1.165, 1.54) is 5.56 Å². The smallest absolute Gasteiger partial charge is 0.259 e. The number of carbonyl (C=O) groups excluding carboxylic acids is 1. The van der Waals surface area contributed by atoms with Crippen molar-refractivity contribution in [2.75, 3.05) is 16.8 Å². The number of hydrogen-bond acceptors (Lipinski definition) is 3. The van der Waals surface area contributed by atoms with Crippen molar-refractivity contribution in [3.8, 4) is 0 Å². The summed E-state index contributed by atoms with van der Waals surface area (Å²) in [6.45, 7) is 9.16. The Labute approximate surface area is 194 Å². The number of carbonyl (C=O) groups is 1. The summed E-state index contributed by atoms with van der Waals surface area (Å²) in [7, 11) is 1.71. The molecule has 164 valence electrons. The normalized spacial score (nSPS) is 17.6. The van der Waals surface area contributed by atoms with Gasteiger partial charge >= 0.3 is 0 Å². The first-order valence-corrected chi connectivity index (χ1v) is 11.3. The molecule has 1 saturated carbocycles. The minimum Gasteiger partial charge on any atom is -0.387 e. The van der Waals surface area contributed by atoms with Gasteiger partial charge in [0.1, 0.15) is 5.54 Å². The third-order valence-corrected chi connectivity index (χ3v) is 6.90. The van der Waals surface area contributed by atoms with Gasteiger partial charge in [-0.3, -0.25) is 14.7 Å². The summed E-state index contributed by atoms with van der Waals surface area (Å²) in [5, 5.41) is 0.504. The Morgan fingerprint density at radius 1 is 1.22 bits per heavy atom. The second-order valence-electron chi connectivity index (χ2n) is 8.46. The maximum Gasteiger partial charge on any atom is 0.259 e. The standard InChI is InChI=1S/C25H27N5OS/c1-17-16-20(12-13-21(17)27-2)29-23(31)25(14-5-15-25)30(24(29)32)19-10-8-18(9-11-19)6-4-7-22(26)28-3/h8-13,16H,4-7,14-15H2,1,3H3,(H2,26,28). The van der Waals surface area contributed by atoms with Gasteiger partial charge in [-0.2, -0.15) is 0 Å². The van der Waals surface area contributed by atoms with E-state index in [1.807, 2.05) is 24.0 Å². The first kappa shape index (κ1) is 22.0. The number of rotatable bonds is 6. The van der Waals surface area contributed by atoms with Gasteiger partial charge in [-0.25, -0.2) is 4.85 Å². The zero-order valence-corrected chi connectivity index (χ0v) is 19.3. The van der Waals surface area contributed by atoms with Crippen molar-refractivity contribution in [1.29, 1.82) is 0 Å². The van der Waals surface area contributed by atoms with Crippen LogP contribution in [0.4, 0.5) is 17.1 Å². The molecule has 0 unspecified atom stereocenters. The Kier molecular flexibility index (Phi) is 5.98. The fraction of sp³-hybridized carbons (Fsp3) is 0.360. The maximum atomic E-state index is 13.6. The first-order chi connectivity index (χ1) is 15.4. The SMILES string of the molecule is [C-]#[N+]c1ccc(N2C(=O)C3(CCC3)N(c3ccc(CCCC(N)=NC)cc3)C2=S)cc1C. The molecule has 1 aliphatic carbocycles. The maximum absolute atomic E-state index is 13.6. The topological polar surface area (TPSA) is 66.3 Å². The molecule has 0 radical (unpaired) electrons. The van der Waals surface area contributed by atoms with Crippen LogP contribution in [0.25, 0.3) is 4.85 Å². The Morgan fingerprint density at radius 3 is 2.47 bits per heavy atom. The zero-order chi connectivity index (χ0) is 22.9. The van der Waals surface area contributed by atoms with Crippen LogP contribution in [0, 0.1) is 13.5 Å². The molecular weight excluding hydrogens is 418 g/mol. The van der Waals surface area contributed by atoms with Crippen molar-refractivity contribution in [2.24, 2.45) is 10.7 Å². The lowest BCUT2D eigenvalue weighted by Crippen LogP contribution is -2.55. The molecule has 4 rings (SSSR count). The van der Waals surface area contributed by atoms with E-state index < -0.39 is 5.54 Å². The molecule has 1 heterocycles. The molecule has 32 heavy (non-hydrogen) atoms. The van der Waals surface area contributed by atoms with Crippen LogP contribution in [0.1, 0.15) is 43.2 Å². The molecule has 2 aliphatic rings. The number of benzene rings is 2. The van der Waals surface area contributed by atoms with Crippen LogP contribution in [0.15, 0.2) is 47.5 Å². The van der Waals surface area contributed by atoms with Crippen LogP contribution < -0.4 is 15.5 Å². The van der Waals surface area contributed by atoms with Crippen molar-refractivity contribution in [2.45, 2.75) is 51.0 Å². The molecule has 1 amide bonds.